The van der Waals surface area contributed by atoms with Crippen LogP contribution in [0.1, 0.15) is 46.5 Å². The maximum Gasteiger partial charge on any atom is 0.349 e. The molecule has 1 aromatic carbocycles. The van der Waals surface area contributed by atoms with Gasteiger partial charge in [-0.15, -0.1) is 12.4 Å². The van der Waals surface area contributed by atoms with Crippen molar-refractivity contribution in [3.05, 3.63) is 63.2 Å². The molecule has 2 aromatic rings. The molecule has 3 atom stereocenters. The van der Waals surface area contributed by atoms with Crippen molar-refractivity contribution in [1.29, 1.82) is 0 Å². The van der Waals surface area contributed by atoms with Crippen LogP contribution in [0.15, 0.2) is 39.5 Å². The second-order valence-electron chi connectivity index (χ2n) is 7.82. The van der Waals surface area contributed by atoms with E-state index in [2.05, 4.69) is 0 Å². The number of hydrogen-bond acceptors (Lipinski definition) is 5. The van der Waals surface area contributed by atoms with Crippen molar-refractivity contribution < 1.29 is 13.9 Å². The Kier molecular flexibility index (Phi) is 6.34. The topological polar surface area (TPSA) is 85.8 Å². The van der Waals surface area contributed by atoms with Gasteiger partial charge in [0.2, 0.25) is 0 Å². The molecule has 4 rings (SSSR count). The lowest BCUT2D eigenvalue weighted by Gasteiger charge is -2.23. The summed E-state index contributed by atoms with van der Waals surface area (Å²) in [6.45, 7) is 1.80. The van der Waals surface area contributed by atoms with Gasteiger partial charge in [0.25, 0.3) is 5.91 Å². The number of carbonyl (C=O) groups is 1. The number of rotatable bonds is 5. The minimum absolute atomic E-state index is 0. The van der Waals surface area contributed by atoms with Crippen molar-refractivity contribution >= 4 is 18.3 Å². The first-order chi connectivity index (χ1) is 13.5. The molecule has 7 heteroatoms. The molecule has 0 spiro atoms. The number of aryl methyl sites for hydroxylation is 3. The SMILES string of the molecule is COc1ccc(CCc2cc(C)c(C(=O)N3[C@@H]4CC[C@H]3[C@@H](N)C4)c(=O)o2)cc1.Cl. The van der Waals surface area contributed by atoms with E-state index in [-0.39, 0.29) is 42.0 Å². The Balaban J connectivity index is 0.00000240. The number of amides is 1. The van der Waals surface area contributed by atoms with Crippen LogP contribution in [0.4, 0.5) is 0 Å². The summed E-state index contributed by atoms with van der Waals surface area (Å²) in [5, 5.41) is 0. The highest BCUT2D eigenvalue weighted by atomic mass is 35.5. The zero-order valence-corrected chi connectivity index (χ0v) is 17.5. The van der Waals surface area contributed by atoms with Crippen LogP contribution < -0.4 is 16.1 Å². The molecule has 2 aliphatic heterocycles. The minimum atomic E-state index is -0.547. The molecule has 0 radical (unpaired) electrons. The summed E-state index contributed by atoms with van der Waals surface area (Å²) in [4.78, 5) is 27.5. The number of nitrogens with zero attached hydrogens (tertiary/aromatic N) is 1. The third-order valence-corrected chi connectivity index (χ3v) is 6.05. The lowest BCUT2D eigenvalue weighted by atomic mass is 9.96. The molecule has 2 N–H and O–H groups in total. The molecule has 0 aliphatic carbocycles. The normalized spacial score (nSPS) is 22.4. The van der Waals surface area contributed by atoms with Gasteiger partial charge in [-0.1, -0.05) is 12.1 Å². The van der Waals surface area contributed by atoms with Gasteiger partial charge in [0.1, 0.15) is 17.1 Å². The molecule has 0 unspecified atom stereocenters. The summed E-state index contributed by atoms with van der Waals surface area (Å²) in [5.74, 6) is 1.17. The fourth-order valence-electron chi connectivity index (χ4n) is 4.59. The molecule has 2 fully saturated rings. The lowest BCUT2D eigenvalue weighted by molar-refractivity contribution is 0.0720. The predicted molar refractivity (Wildman–Crippen MR) is 113 cm³/mol. The standard InChI is InChI=1S/C22H26N2O4.ClH/c1-13-11-17(9-5-14-3-7-16(27-2)8-4-14)28-22(26)20(13)21(25)24-15-6-10-19(24)18(23)12-15;/h3-4,7-8,11,15,18-19H,5-6,9-10,12,23H2,1-2H3;1H/t15-,18+,19+;/m1./s1. The van der Waals surface area contributed by atoms with Gasteiger partial charge >= 0.3 is 5.63 Å². The number of fused-ring (bicyclic) bond motifs is 2. The Morgan fingerprint density at radius 1 is 1.24 bits per heavy atom. The smallest absolute Gasteiger partial charge is 0.349 e. The molecule has 0 saturated carbocycles. The molecule has 156 valence electrons. The van der Waals surface area contributed by atoms with Crippen LogP contribution in [-0.4, -0.2) is 36.0 Å². The van der Waals surface area contributed by atoms with Crippen LogP contribution in [0.25, 0.3) is 0 Å². The third-order valence-electron chi connectivity index (χ3n) is 6.05. The van der Waals surface area contributed by atoms with Gasteiger partial charge in [0.15, 0.2) is 0 Å². The van der Waals surface area contributed by atoms with Crippen molar-refractivity contribution in [2.24, 2.45) is 5.73 Å². The summed E-state index contributed by atoms with van der Waals surface area (Å²) < 4.78 is 10.7. The van der Waals surface area contributed by atoms with Gasteiger partial charge < -0.3 is 19.8 Å². The molecule has 2 bridgehead atoms. The Morgan fingerprint density at radius 2 is 1.97 bits per heavy atom. The largest absolute Gasteiger partial charge is 0.497 e. The highest BCUT2D eigenvalue weighted by Gasteiger charge is 2.47. The first kappa shape index (κ1) is 21.4. The molecule has 1 amide bonds. The van der Waals surface area contributed by atoms with E-state index < -0.39 is 5.63 Å². The number of hydrogen-bond donors (Lipinski definition) is 1. The predicted octanol–water partition coefficient (Wildman–Crippen LogP) is 2.87. The first-order valence-corrected chi connectivity index (χ1v) is 9.82. The number of methoxy groups -OCH3 is 1. The molecule has 2 aliphatic rings. The molecule has 1 aromatic heterocycles. The minimum Gasteiger partial charge on any atom is -0.497 e. The van der Waals surface area contributed by atoms with Crippen LogP contribution in [0.5, 0.6) is 5.75 Å². The maximum absolute atomic E-state index is 13.0. The average Bonchev–Trinajstić information content (AvgIpc) is 3.23. The van der Waals surface area contributed by atoms with E-state index in [4.69, 9.17) is 14.9 Å². The number of nitrogens with two attached hydrogens (primary N) is 1. The zero-order valence-electron chi connectivity index (χ0n) is 16.7. The van der Waals surface area contributed by atoms with Crippen LogP contribution in [-0.2, 0) is 12.8 Å². The summed E-state index contributed by atoms with van der Waals surface area (Å²) >= 11 is 0. The highest BCUT2D eigenvalue weighted by Crippen LogP contribution is 2.37. The molecule has 2 saturated heterocycles. The number of halogens is 1. The van der Waals surface area contributed by atoms with Gasteiger partial charge in [0, 0.05) is 24.5 Å². The summed E-state index contributed by atoms with van der Waals surface area (Å²) in [6.07, 6.45) is 4.04. The fourth-order valence-corrected chi connectivity index (χ4v) is 4.59. The van der Waals surface area contributed by atoms with E-state index in [1.54, 1.807) is 14.0 Å². The fraction of sp³-hybridized carbons (Fsp3) is 0.455. The van der Waals surface area contributed by atoms with Crippen LogP contribution in [0, 0.1) is 6.92 Å². The molecule has 3 heterocycles. The Hall–Kier alpha value is -2.31. The lowest BCUT2D eigenvalue weighted by Crippen LogP contribution is -2.42. The third kappa shape index (κ3) is 4.05. The number of ether oxygens (including phenoxy) is 1. The Bertz CT molecular complexity index is 941. The summed E-state index contributed by atoms with van der Waals surface area (Å²) in [7, 11) is 1.64. The second kappa shape index (κ2) is 8.59. The van der Waals surface area contributed by atoms with Crippen molar-refractivity contribution in [3.63, 3.8) is 0 Å². The van der Waals surface area contributed by atoms with Crippen molar-refractivity contribution in [1.82, 2.24) is 4.90 Å². The molecule has 6 nitrogen and oxygen atoms in total. The Labute approximate surface area is 176 Å². The van der Waals surface area contributed by atoms with Crippen molar-refractivity contribution in [2.45, 2.75) is 57.2 Å². The highest BCUT2D eigenvalue weighted by molar-refractivity contribution is 5.96. The number of carbonyl (C=O) groups excluding carboxylic acids is 1. The summed E-state index contributed by atoms with van der Waals surface area (Å²) in [6, 6.07) is 9.84. The van der Waals surface area contributed by atoms with Crippen LogP contribution in [0.3, 0.4) is 0 Å². The van der Waals surface area contributed by atoms with Crippen LogP contribution in [0.2, 0.25) is 0 Å². The Morgan fingerprint density at radius 3 is 2.52 bits per heavy atom. The van der Waals surface area contributed by atoms with E-state index in [9.17, 15) is 9.59 Å². The monoisotopic (exact) mass is 418 g/mol. The average molecular weight is 419 g/mol. The summed E-state index contributed by atoms with van der Waals surface area (Å²) in [5.41, 5.74) is 7.54. The van der Waals surface area contributed by atoms with E-state index in [1.165, 1.54) is 0 Å². The zero-order chi connectivity index (χ0) is 19.8. The van der Waals surface area contributed by atoms with Gasteiger partial charge in [0.05, 0.1) is 7.11 Å². The van der Waals surface area contributed by atoms with Crippen molar-refractivity contribution in [2.75, 3.05) is 7.11 Å². The molecule has 29 heavy (non-hydrogen) atoms. The van der Waals surface area contributed by atoms with E-state index >= 15 is 0 Å². The van der Waals surface area contributed by atoms with Gasteiger partial charge in [-0.2, -0.15) is 0 Å². The van der Waals surface area contributed by atoms with Gasteiger partial charge in [-0.05, 0) is 61.9 Å². The maximum atomic E-state index is 13.0. The first-order valence-electron chi connectivity index (χ1n) is 9.82. The van der Waals surface area contributed by atoms with E-state index in [1.807, 2.05) is 35.2 Å². The van der Waals surface area contributed by atoms with E-state index in [0.29, 0.717) is 17.7 Å². The molecular formula is C22H27ClN2O4. The molecular weight excluding hydrogens is 392 g/mol. The quantitative estimate of drug-likeness (QED) is 0.806. The van der Waals surface area contributed by atoms with Gasteiger partial charge in [-0.25, -0.2) is 4.79 Å². The van der Waals surface area contributed by atoms with Crippen LogP contribution >= 0.6 is 12.4 Å². The second-order valence-corrected chi connectivity index (χ2v) is 7.82. The number of benzene rings is 1. The van der Waals surface area contributed by atoms with E-state index in [0.717, 1.165) is 37.0 Å². The van der Waals surface area contributed by atoms with Crippen molar-refractivity contribution in [3.8, 4) is 5.75 Å². The van der Waals surface area contributed by atoms with Gasteiger partial charge in [-0.3, -0.25) is 4.79 Å².